The molecule has 0 radical (unpaired) electrons. The normalized spacial score (nSPS) is 15.9. The van der Waals surface area contributed by atoms with Gasteiger partial charge in [-0.05, 0) is 30.9 Å². The fraction of sp³-hybridized carbons (Fsp3) is 0.500. The Labute approximate surface area is 109 Å². The molecule has 0 unspecified atom stereocenters. The van der Waals surface area contributed by atoms with Gasteiger partial charge < -0.3 is 4.90 Å². The molecule has 0 amide bonds. The maximum absolute atomic E-state index is 5.64. The quantitative estimate of drug-likeness (QED) is 0.371. The molecule has 1 aromatic carbocycles. The third-order valence-corrected chi connectivity index (χ3v) is 2.94. The van der Waals surface area contributed by atoms with E-state index in [0.717, 1.165) is 18.2 Å². The van der Waals surface area contributed by atoms with E-state index in [1.165, 1.54) is 12.8 Å². The molecular weight excluding hydrogens is 224 g/mol. The van der Waals surface area contributed by atoms with Crippen LogP contribution in [0.25, 0.3) is 0 Å². The number of rotatable bonds is 4. The highest BCUT2D eigenvalue weighted by Crippen LogP contribution is 2.28. The first-order chi connectivity index (χ1) is 8.70. The second kappa shape index (κ2) is 5.87. The molecule has 0 heterocycles. The molecule has 98 valence electrons. The van der Waals surface area contributed by atoms with Crippen LogP contribution in [0.4, 0.5) is 5.69 Å². The molecule has 4 nitrogen and oxygen atoms in total. The topological polar surface area (TPSA) is 53.6 Å². The molecule has 1 aliphatic rings. The van der Waals surface area contributed by atoms with Crippen molar-refractivity contribution in [3.63, 3.8) is 0 Å². The van der Waals surface area contributed by atoms with Crippen molar-refractivity contribution in [2.45, 2.75) is 32.7 Å². The lowest BCUT2D eigenvalue weighted by atomic mass is 10.2. The smallest absolute Gasteiger partial charge is 0.213 e. The van der Waals surface area contributed by atoms with E-state index in [0.29, 0.717) is 12.0 Å². The number of nitrogens with one attached hydrogen (secondary N) is 1. The Balaban J connectivity index is 2.17. The summed E-state index contributed by atoms with van der Waals surface area (Å²) in [5.74, 6) is 7.01. The number of aliphatic imine (C=N–C) groups is 1. The van der Waals surface area contributed by atoms with E-state index < -0.39 is 0 Å². The van der Waals surface area contributed by atoms with E-state index in [2.05, 4.69) is 29.2 Å². The Kier molecular flexibility index (Phi) is 4.20. The average Bonchev–Trinajstić information content (AvgIpc) is 3.18. The van der Waals surface area contributed by atoms with Gasteiger partial charge in [-0.3, -0.25) is 5.43 Å². The van der Waals surface area contributed by atoms with Gasteiger partial charge in [-0.15, -0.1) is 0 Å². The minimum atomic E-state index is 0.597. The van der Waals surface area contributed by atoms with E-state index in [-0.39, 0.29) is 0 Å². The molecule has 1 aliphatic carbocycles. The number of hydrogen-bond donors (Lipinski definition) is 2. The summed E-state index contributed by atoms with van der Waals surface area (Å²) in [6, 6.07) is 10.5. The summed E-state index contributed by atoms with van der Waals surface area (Å²) in [5, 5.41) is 0. The summed E-state index contributed by atoms with van der Waals surface area (Å²) in [6.07, 6.45) is 2.48. The van der Waals surface area contributed by atoms with Crippen molar-refractivity contribution in [1.29, 1.82) is 0 Å². The van der Waals surface area contributed by atoms with Gasteiger partial charge >= 0.3 is 0 Å². The molecule has 2 rings (SSSR count). The summed E-state index contributed by atoms with van der Waals surface area (Å²) >= 11 is 0. The fourth-order valence-corrected chi connectivity index (χ4v) is 1.99. The van der Waals surface area contributed by atoms with Crippen LogP contribution in [0, 0.1) is 5.92 Å². The molecule has 1 aromatic rings. The summed E-state index contributed by atoms with van der Waals surface area (Å²) in [5.41, 5.74) is 3.68. The SMILES string of the molecule is CC(C)CN(C(=Nc1ccccc1)NN)C1CC1. The van der Waals surface area contributed by atoms with E-state index in [4.69, 9.17) is 5.84 Å². The number of para-hydroxylation sites is 1. The van der Waals surface area contributed by atoms with Crippen molar-refractivity contribution >= 4 is 11.6 Å². The first-order valence-electron chi connectivity index (χ1n) is 6.57. The van der Waals surface area contributed by atoms with Crippen LogP contribution >= 0.6 is 0 Å². The van der Waals surface area contributed by atoms with Crippen LogP contribution in [0.1, 0.15) is 26.7 Å². The number of nitrogens with two attached hydrogens (primary N) is 1. The highest BCUT2D eigenvalue weighted by atomic mass is 15.4. The number of hydrogen-bond acceptors (Lipinski definition) is 2. The first kappa shape index (κ1) is 12.9. The van der Waals surface area contributed by atoms with Crippen molar-refractivity contribution < 1.29 is 0 Å². The Morgan fingerprint density at radius 1 is 1.39 bits per heavy atom. The lowest BCUT2D eigenvalue weighted by Gasteiger charge is -2.27. The minimum Gasteiger partial charge on any atom is -0.338 e. The third kappa shape index (κ3) is 3.47. The van der Waals surface area contributed by atoms with Gasteiger partial charge in [0.15, 0.2) is 0 Å². The Bertz CT molecular complexity index is 396. The molecule has 0 bridgehead atoms. The number of guanidine groups is 1. The van der Waals surface area contributed by atoms with Gasteiger partial charge in [0, 0.05) is 12.6 Å². The van der Waals surface area contributed by atoms with E-state index in [1.54, 1.807) is 0 Å². The molecule has 0 aliphatic heterocycles. The molecule has 1 saturated carbocycles. The molecule has 1 fully saturated rings. The zero-order valence-electron chi connectivity index (χ0n) is 11.1. The molecule has 0 atom stereocenters. The Morgan fingerprint density at radius 3 is 2.56 bits per heavy atom. The maximum Gasteiger partial charge on any atom is 0.213 e. The predicted octanol–water partition coefficient (Wildman–Crippen LogP) is 2.26. The largest absolute Gasteiger partial charge is 0.338 e. The zero-order valence-corrected chi connectivity index (χ0v) is 11.1. The maximum atomic E-state index is 5.64. The second-order valence-corrected chi connectivity index (χ2v) is 5.19. The highest BCUT2D eigenvalue weighted by Gasteiger charge is 2.31. The average molecular weight is 246 g/mol. The first-order valence-corrected chi connectivity index (χ1v) is 6.57. The van der Waals surface area contributed by atoms with Gasteiger partial charge in [-0.2, -0.15) is 0 Å². The summed E-state index contributed by atoms with van der Waals surface area (Å²) in [4.78, 5) is 6.89. The van der Waals surface area contributed by atoms with Crippen LogP contribution in [0.2, 0.25) is 0 Å². The third-order valence-electron chi connectivity index (χ3n) is 2.94. The second-order valence-electron chi connectivity index (χ2n) is 5.19. The number of benzene rings is 1. The van der Waals surface area contributed by atoms with E-state index in [1.807, 2.05) is 30.3 Å². The highest BCUT2D eigenvalue weighted by molar-refractivity contribution is 5.82. The summed E-state index contributed by atoms with van der Waals surface area (Å²) < 4.78 is 0. The molecule has 0 saturated heterocycles. The Morgan fingerprint density at radius 2 is 2.06 bits per heavy atom. The molecule has 0 aromatic heterocycles. The van der Waals surface area contributed by atoms with Crippen molar-refractivity contribution in [3.05, 3.63) is 30.3 Å². The van der Waals surface area contributed by atoms with Crippen molar-refractivity contribution in [2.75, 3.05) is 6.54 Å². The molecular formula is C14H22N4. The van der Waals surface area contributed by atoms with Crippen molar-refractivity contribution in [2.24, 2.45) is 16.8 Å². The summed E-state index contributed by atoms with van der Waals surface area (Å²) in [7, 11) is 0. The van der Waals surface area contributed by atoms with Crippen LogP contribution in [-0.4, -0.2) is 23.4 Å². The molecule has 18 heavy (non-hydrogen) atoms. The van der Waals surface area contributed by atoms with Gasteiger partial charge in [0.2, 0.25) is 5.96 Å². The van der Waals surface area contributed by atoms with Gasteiger partial charge in [0.25, 0.3) is 0 Å². The van der Waals surface area contributed by atoms with Crippen molar-refractivity contribution in [1.82, 2.24) is 10.3 Å². The molecule has 3 N–H and O–H groups in total. The predicted molar refractivity (Wildman–Crippen MR) is 75.4 cm³/mol. The number of hydrazine groups is 1. The Hall–Kier alpha value is -1.55. The van der Waals surface area contributed by atoms with Crippen LogP contribution in [0.15, 0.2) is 35.3 Å². The standard InChI is InChI=1S/C14H22N4/c1-11(2)10-18(13-8-9-13)14(17-15)16-12-6-4-3-5-7-12/h3-7,11,13H,8-10,15H2,1-2H3,(H,16,17). The number of nitrogens with zero attached hydrogens (tertiary/aromatic N) is 2. The van der Waals surface area contributed by atoms with E-state index in [9.17, 15) is 0 Å². The van der Waals surface area contributed by atoms with Crippen LogP contribution in [-0.2, 0) is 0 Å². The summed E-state index contributed by atoms with van der Waals surface area (Å²) in [6.45, 7) is 5.42. The van der Waals surface area contributed by atoms with Crippen molar-refractivity contribution in [3.8, 4) is 0 Å². The van der Waals surface area contributed by atoms with E-state index >= 15 is 0 Å². The minimum absolute atomic E-state index is 0.597. The van der Waals surface area contributed by atoms with Gasteiger partial charge in [0.05, 0.1) is 5.69 Å². The molecule has 4 heteroatoms. The van der Waals surface area contributed by atoms with Gasteiger partial charge in [-0.25, -0.2) is 10.8 Å². The van der Waals surface area contributed by atoms with Crippen LogP contribution in [0.3, 0.4) is 0 Å². The molecule has 0 spiro atoms. The lowest BCUT2D eigenvalue weighted by Crippen LogP contribution is -2.47. The van der Waals surface area contributed by atoms with Gasteiger partial charge in [0.1, 0.15) is 0 Å². The lowest BCUT2D eigenvalue weighted by molar-refractivity contribution is 0.346. The zero-order chi connectivity index (χ0) is 13.0. The fourth-order valence-electron chi connectivity index (χ4n) is 1.99. The van der Waals surface area contributed by atoms with Gasteiger partial charge in [-0.1, -0.05) is 32.0 Å². The van der Waals surface area contributed by atoms with Crippen LogP contribution < -0.4 is 11.3 Å². The monoisotopic (exact) mass is 246 g/mol. The van der Waals surface area contributed by atoms with Crippen LogP contribution in [0.5, 0.6) is 0 Å².